The largest absolute Gasteiger partial charge is 0.362 e. The van der Waals surface area contributed by atoms with E-state index >= 15 is 0 Å². The van der Waals surface area contributed by atoms with Gasteiger partial charge in [-0.15, -0.1) is 0 Å². The van der Waals surface area contributed by atoms with Crippen LogP contribution in [-0.2, 0) is 9.53 Å². The van der Waals surface area contributed by atoms with Crippen molar-refractivity contribution in [2.45, 2.75) is 76.9 Å². The molecule has 0 heterocycles. The van der Waals surface area contributed by atoms with E-state index in [0.29, 0.717) is 6.10 Å². The molecular formula is C17H31NO2. The molecule has 0 saturated heterocycles. The lowest BCUT2D eigenvalue weighted by molar-refractivity contribution is -0.175. The molecule has 0 aromatic carbocycles. The quantitative estimate of drug-likeness (QED) is 0.790. The van der Waals surface area contributed by atoms with Crippen molar-refractivity contribution in [3.63, 3.8) is 0 Å². The summed E-state index contributed by atoms with van der Waals surface area (Å²) in [7, 11) is 3.71. The molecule has 2 fully saturated rings. The van der Waals surface area contributed by atoms with Crippen molar-refractivity contribution >= 4 is 5.91 Å². The first-order valence-electron chi connectivity index (χ1n) is 8.32. The maximum Gasteiger partial charge on any atom is 0.254 e. The minimum atomic E-state index is -0.527. The van der Waals surface area contributed by atoms with Gasteiger partial charge < -0.3 is 9.64 Å². The molecule has 2 aliphatic rings. The Balaban J connectivity index is 2.05. The molecule has 2 aliphatic carbocycles. The van der Waals surface area contributed by atoms with E-state index in [9.17, 15) is 4.79 Å². The molecule has 0 atom stereocenters. The molecule has 116 valence electrons. The van der Waals surface area contributed by atoms with E-state index < -0.39 is 5.60 Å². The van der Waals surface area contributed by atoms with E-state index in [-0.39, 0.29) is 5.91 Å². The zero-order valence-corrected chi connectivity index (χ0v) is 13.7. The van der Waals surface area contributed by atoms with Crippen LogP contribution in [0.3, 0.4) is 0 Å². The molecule has 2 saturated carbocycles. The van der Waals surface area contributed by atoms with Crippen LogP contribution in [0, 0.1) is 11.8 Å². The number of hydrogen-bond donors (Lipinski definition) is 0. The summed E-state index contributed by atoms with van der Waals surface area (Å²) in [6.45, 7) is 4.60. The monoisotopic (exact) mass is 281 g/mol. The molecule has 0 aromatic rings. The number of rotatable bonds is 3. The SMILES string of the molecule is CC1CCC(OC2(C(=O)N(C)C)CCC(C)CC2)CC1. The van der Waals surface area contributed by atoms with E-state index in [2.05, 4.69) is 13.8 Å². The van der Waals surface area contributed by atoms with Crippen LogP contribution in [-0.4, -0.2) is 36.6 Å². The van der Waals surface area contributed by atoms with Crippen molar-refractivity contribution in [2.24, 2.45) is 11.8 Å². The molecule has 0 spiro atoms. The second-order valence-electron chi connectivity index (χ2n) is 7.38. The number of nitrogens with zero attached hydrogens (tertiary/aromatic N) is 1. The van der Waals surface area contributed by atoms with Crippen LogP contribution in [0.2, 0.25) is 0 Å². The van der Waals surface area contributed by atoms with E-state index in [0.717, 1.165) is 50.4 Å². The summed E-state index contributed by atoms with van der Waals surface area (Å²) in [6, 6.07) is 0. The van der Waals surface area contributed by atoms with Crippen LogP contribution in [0.1, 0.15) is 65.2 Å². The number of likely N-dealkylation sites (N-methyl/N-ethyl adjacent to an activating group) is 1. The average molecular weight is 281 g/mol. The van der Waals surface area contributed by atoms with Crippen LogP contribution < -0.4 is 0 Å². The van der Waals surface area contributed by atoms with Crippen LogP contribution in [0.15, 0.2) is 0 Å². The first-order valence-corrected chi connectivity index (χ1v) is 8.32. The molecule has 0 radical (unpaired) electrons. The molecule has 3 heteroatoms. The van der Waals surface area contributed by atoms with Crippen molar-refractivity contribution in [2.75, 3.05) is 14.1 Å². The van der Waals surface area contributed by atoms with Gasteiger partial charge in [-0.05, 0) is 63.2 Å². The molecule has 2 rings (SSSR count). The maximum atomic E-state index is 12.7. The number of hydrogen-bond acceptors (Lipinski definition) is 2. The van der Waals surface area contributed by atoms with E-state index in [4.69, 9.17) is 4.74 Å². The van der Waals surface area contributed by atoms with Crippen molar-refractivity contribution < 1.29 is 9.53 Å². The summed E-state index contributed by atoms with van der Waals surface area (Å²) < 4.78 is 6.45. The minimum absolute atomic E-state index is 0.183. The lowest BCUT2D eigenvalue weighted by atomic mass is 9.78. The second kappa shape index (κ2) is 6.46. The Labute approximate surface area is 124 Å². The van der Waals surface area contributed by atoms with Crippen molar-refractivity contribution in [3.05, 3.63) is 0 Å². The first kappa shape index (κ1) is 15.8. The molecule has 0 N–H and O–H groups in total. The van der Waals surface area contributed by atoms with Gasteiger partial charge >= 0.3 is 0 Å². The van der Waals surface area contributed by atoms with Gasteiger partial charge in [0.1, 0.15) is 5.60 Å². The van der Waals surface area contributed by atoms with Gasteiger partial charge in [-0.25, -0.2) is 0 Å². The van der Waals surface area contributed by atoms with E-state index in [1.807, 2.05) is 14.1 Å². The normalized spacial score (nSPS) is 38.5. The maximum absolute atomic E-state index is 12.7. The number of ether oxygens (including phenoxy) is 1. The minimum Gasteiger partial charge on any atom is -0.362 e. The van der Waals surface area contributed by atoms with Crippen LogP contribution in [0.5, 0.6) is 0 Å². The molecule has 3 nitrogen and oxygen atoms in total. The molecule has 0 aliphatic heterocycles. The zero-order valence-electron chi connectivity index (χ0n) is 13.7. The van der Waals surface area contributed by atoms with Gasteiger partial charge in [0.15, 0.2) is 0 Å². The van der Waals surface area contributed by atoms with Gasteiger partial charge in [-0.2, -0.15) is 0 Å². The summed E-state index contributed by atoms with van der Waals surface area (Å²) in [4.78, 5) is 14.4. The smallest absolute Gasteiger partial charge is 0.254 e. The topological polar surface area (TPSA) is 29.5 Å². The standard InChI is InChI=1S/C17H31NO2/c1-13-5-7-15(8-6-13)20-17(16(19)18(3)4)11-9-14(2)10-12-17/h13-15H,5-12H2,1-4H3. The number of carbonyl (C=O) groups is 1. The van der Waals surface area contributed by atoms with Gasteiger partial charge in [-0.3, -0.25) is 4.79 Å². The van der Waals surface area contributed by atoms with Crippen molar-refractivity contribution in [3.8, 4) is 0 Å². The van der Waals surface area contributed by atoms with Crippen molar-refractivity contribution in [1.82, 2.24) is 4.90 Å². The fourth-order valence-corrected chi connectivity index (χ4v) is 3.68. The molecular weight excluding hydrogens is 250 g/mol. The fraction of sp³-hybridized carbons (Fsp3) is 0.941. The highest BCUT2D eigenvalue weighted by atomic mass is 16.5. The number of carbonyl (C=O) groups excluding carboxylic acids is 1. The molecule has 20 heavy (non-hydrogen) atoms. The van der Waals surface area contributed by atoms with Gasteiger partial charge in [0.05, 0.1) is 6.10 Å². The average Bonchev–Trinajstić information content (AvgIpc) is 2.43. The zero-order chi connectivity index (χ0) is 14.8. The lowest BCUT2D eigenvalue weighted by Crippen LogP contribution is -2.52. The summed E-state index contributed by atoms with van der Waals surface area (Å²) >= 11 is 0. The lowest BCUT2D eigenvalue weighted by Gasteiger charge is -2.43. The van der Waals surface area contributed by atoms with Gasteiger partial charge in [0.2, 0.25) is 0 Å². The predicted octanol–water partition coefficient (Wildman–Crippen LogP) is 3.62. The third-order valence-corrected chi connectivity index (χ3v) is 5.23. The van der Waals surface area contributed by atoms with Gasteiger partial charge in [0, 0.05) is 14.1 Å². The van der Waals surface area contributed by atoms with E-state index in [1.54, 1.807) is 4.90 Å². The summed E-state index contributed by atoms with van der Waals surface area (Å²) in [5.74, 6) is 1.73. The number of amides is 1. The second-order valence-corrected chi connectivity index (χ2v) is 7.38. The Morgan fingerprint density at radius 3 is 1.95 bits per heavy atom. The Morgan fingerprint density at radius 1 is 0.950 bits per heavy atom. The molecule has 1 amide bonds. The highest BCUT2D eigenvalue weighted by molar-refractivity contribution is 5.85. The third-order valence-electron chi connectivity index (χ3n) is 5.23. The molecule has 0 bridgehead atoms. The Hall–Kier alpha value is -0.570. The Bertz CT molecular complexity index is 324. The first-order chi connectivity index (χ1) is 9.43. The molecule has 0 aromatic heterocycles. The Kier molecular flexibility index (Phi) is 5.11. The van der Waals surface area contributed by atoms with Crippen LogP contribution in [0.25, 0.3) is 0 Å². The fourth-order valence-electron chi connectivity index (χ4n) is 3.68. The molecule has 0 unspecified atom stereocenters. The summed E-state index contributed by atoms with van der Waals surface area (Å²) in [6.07, 6.45) is 9.06. The third kappa shape index (κ3) is 3.55. The predicted molar refractivity (Wildman–Crippen MR) is 81.6 cm³/mol. The highest BCUT2D eigenvalue weighted by Gasteiger charge is 2.45. The Morgan fingerprint density at radius 2 is 1.45 bits per heavy atom. The van der Waals surface area contributed by atoms with Crippen LogP contribution >= 0.6 is 0 Å². The highest BCUT2D eigenvalue weighted by Crippen LogP contribution is 2.39. The van der Waals surface area contributed by atoms with E-state index in [1.165, 1.54) is 12.8 Å². The summed E-state index contributed by atoms with van der Waals surface area (Å²) in [5, 5.41) is 0. The van der Waals surface area contributed by atoms with Gasteiger partial charge in [0.25, 0.3) is 5.91 Å². The van der Waals surface area contributed by atoms with Crippen molar-refractivity contribution in [1.29, 1.82) is 0 Å². The summed E-state index contributed by atoms with van der Waals surface area (Å²) in [5.41, 5.74) is -0.527. The van der Waals surface area contributed by atoms with Gasteiger partial charge in [-0.1, -0.05) is 13.8 Å². The van der Waals surface area contributed by atoms with Crippen LogP contribution in [0.4, 0.5) is 0 Å².